The molecule has 0 aromatic carbocycles. The summed E-state index contributed by atoms with van der Waals surface area (Å²) in [7, 11) is 0. The van der Waals surface area contributed by atoms with Gasteiger partial charge >= 0.3 is 0 Å². The highest BCUT2D eigenvalue weighted by atomic mass is 16.5. The Hall–Kier alpha value is -0.120. The van der Waals surface area contributed by atoms with Gasteiger partial charge in [0, 0.05) is 19.0 Å². The van der Waals surface area contributed by atoms with Crippen molar-refractivity contribution in [1.82, 2.24) is 10.6 Å². The van der Waals surface area contributed by atoms with Crippen LogP contribution in [0, 0.1) is 11.8 Å². The van der Waals surface area contributed by atoms with Crippen molar-refractivity contribution in [3.8, 4) is 0 Å². The Bertz CT molecular complexity index is 170. The lowest BCUT2D eigenvalue weighted by Gasteiger charge is -2.41. The van der Waals surface area contributed by atoms with Gasteiger partial charge in [-0.15, -0.1) is 0 Å². The van der Waals surface area contributed by atoms with Gasteiger partial charge in [-0.3, -0.25) is 5.32 Å². The number of hydrogen-bond acceptors (Lipinski definition) is 3. The van der Waals surface area contributed by atoms with E-state index in [1.54, 1.807) is 0 Å². The molecule has 3 nitrogen and oxygen atoms in total. The van der Waals surface area contributed by atoms with Crippen molar-refractivity contribution >= 4 is 0 Å². The third-order valence-electron chi connectivity index (χ3n) is 3.31. The first kappa shape index (κ1) is 9.44. The van der Waals surface area contributed by atoms with E-state index in [1.165, 1.54) is 6.42 Å². The first-order valence-electron chi connectivity index (χ1n) is 5.30. The molecule has 0 aromatic rings. The number of rotatable bonds is 1. The van der Waals surface area contributed by atoms with Gasteiger partial charge in [0.05, 0.1) is 6.61 Å². The molecule has 3 heteroatoms. The zero-order valence-corrected chi connectivity index (χ0v) is 8.60. The minimum atomic E-state index is -0.0734. The van der Waals surface area contributed by atoms with Gasteiger partial charge in [0.2, 0.25) is 0 Å². The number of hydrogen-bond donors (Lipinski definition) is 2. The molecule has 3 unspecified atom stereocenters. The summed E-state index contributed by atoms with van der Waals surface area (Å²) in [5.74, 6) is 1.29. The van der Waals surface area contributed by atoms with Crippen LogP contribution < -0.4 is 10.6 Å². The van der Waals surface area contributed by atoms with Gasteiger partial charge in [-0.1, -0.05) is 6.92 Å². The molecule has 0 aliphatic carbocycles. The highest BCUT2D eigenvalue weighted by molar-refractivity contribution is 4.90. The number of nitrogens with one attached hydrogen (secondary N) is 2. The van der Waals surface area contributed by atoms with Crippen LogP contribution in [0.15, 0.2) is 0 Å². The van der Waals surface area contributed by atoms with Crippen LogP contribution in [0.2, 0.25) is 0 Å². The van der Waals surface area contributed by atoms with E-state index in [9.17, 15) is 0 Å². The van der Waals surface area contributed by atoms with Gasteiger partial charge in [0.15, 0.2) is 0 Å². The van der Waals surface area contributed by atoms with Crippen molar-refractivity contribution < 1.29 is 4.74 Å². The monoisotopic (exact) mass is 184 g/mol. The van der Waals surface area contributed by atoms with Crippen LogP contribution in [0.3, 0.4) is 0 Å². The van der Waals surface area contributed by atoms with Gasteiger partial charge in [-0.2, -0.15) is 0 Å². The Morgan fingerprint density at radius 2 is 2.23 bits per heavy atom. The molecule has 0 saturated carbocycles. The Morgan fingerprint density at radius 1 is 1.38 bits per heavy atom. The maximum atomic E-state index is 5.91. The normalized spacial score (nSPS) is 46.6. The van der Waals surface area contributed by atoms with Crippen LogP contribution in [0.1, 0.15) is 20.3 Å². The molecule has 3 atom stereocenters. The molecule has 0 spiro atoms. The van der Waals surface area contributed by atoms with E-state index < -0.39 is 0 Å². The summed E-state index contributed by atoms with van der Waals surface area (Å²) in [4.78, 5) is 0. The average Bonchev–Trinajstić information content (AvgIpc) is 2.63. The quantitative estimate of drug-likeness (QED) is 0.625. The standard InChI is InChI=1S/C10H20N2O/c1-8-5-12-10(2,13-7-8)9-3-4-11-6-9/h8-9,11-12H,3-7H2,1-2H3. The van der Waals surface area contributed by atoms with Crippen LogP contribution >= 0.6 is 0 Å². The van der Waals surface area contributed by atoms with E-state index >= 15 is 0 Å². The second kappa shape index (κ2) is 3.56. The van der Waals surface area contributed by atoms with E-state index in [-0.39, 0.29) is 5.72 Å². The predicted molar refractivity (Wildman–Crippen MR) is 52.5 cm³/mol. The molecule has 2 fully saturated rings. The summed E-state index contributed by atoms with van der Waals surface area (Å²) < 4.78 is 5.91. The van der Waals surface area contributed by atoms with E-state index in [0.717, 1.165) is 26.2 Å². The lowest BCUT2D eigenvalue weighted by molar-refractivity contribution is -0.131. The summed E-state index contributed by atoms with van der Waals surface area (Å²) in [6, 6.07) is 0. The average molecular weight is 184 g/mol. The largest absolute Gasteiger partial charge is 0.360 e. The van der Waals surface area contributed by atoms with E-state index in [2.05, 4.69) is 24.5 Å². The summed E-state index contributed by atoms with van der Waals surface area (Å²) >= 11 is 0. The van der Waals surface area contributed by atoms with Crippen molar-refractivity contribution in [2.24, 2.45) is 11.8 Å². The second-order valence-electron chi connectivity index (χ2n) is 4.59. The minimum Gasteiger partial charge on any atom is -0.360 e. The molecule has 0 aromatic heterocycles. The minimum absolute atomic E-state index is 0.0734. The summed E-state index contributed by atoms with van der Waals surface area (Å²) in [5.41, 5.74) is -0.0734. The molecular weight excluding hydrogens is 164 g/mol. The molecule has 2 aliphatic rings. The van der Waals surface area contributed by atoms with Gasteiger partial charge in [0.1, 0.15) is 5.72 Å². The van der Waals surface area contributed by atoms with E-state index in [4.69, 9.17) is 4.74 Å². The first-order chi connectivity index (χ1) is 6.21. The fraction of sp³-hybridized carbons (Fsp3) is 1.00. The summed E-state index contributed by atoms with van der Waals surface area (Å²) in [6.07, 6.45) is 1.23. The molecule has 13 heavy (non-hydrogen) atoms. The molecule has 2 saturated heterocycles. The van der Waals surface area contributed by atoms with Crippen LogP contribution in [-0.2, 0) is 4.74 Å². The maximum Gasteiger partial charge on any atom is 0.120 e. The van der Waals surface area contributed by atoms with Crippen LogP contribution in [-0.4, -0.2) is 32.0 Å². The highest BCUT2D eigenvalue weighted by Crippen LogP contribution is 2.27. The lowest BCUT2D eigenvalue weighted by atomic mass is 9.94. The smallest absolute Gasteiger partial charge is 0.120 e. The predicted octanol–water partition coefficient (Wildman–Crippen LogP) is 0.568. The lowest BCUT2D eigenvalue weighted by Crippen LogP contribution is -2.57. The van der Waals surface area contributed by atoms with Gasteiger partial charge in [0.25, 0.3) is 0 Å². The van der Waals surface area contributed by atoms with E-state index in [1.807, 2.05) is 0 Å². The van der Waals surface area contributed by atoms with Gasteiger partial charge in [-0.25, -0.2) is 0 Å². The summed E-state index contributed by atoms with van der Waals surface area (Å²) in [6.45, 7) is 8.64. The third-order valence-corrected chi connectivity index (χ3v) is 3.31. The van der Waals surface area contributed by atoms with Crippen LogP contribution in [0.5, 0.6) is 0 Å². The maximum absolute atomic E-state index is 5.91. The zero-order chi connectivity index (χ0) is 9.31. The summed E-state index contributed by atoms with van der Waals surface area (Å²) in [5, 5.41) is 6.91. The van der Waals surface area contributed by atoms with Crippen molar-refractivity contribution in [3.05, 3.63) is 0 Å². The van der Waals surface area contributed by atoms with Crippen molar-refractivity contribution in [2.45, 2.75) is 26.0 Å². The van der Waals surface area contributed by atoms with Crippen LogP contribution in [0.25, 0.3) is 0 Å². The van der Waals surface area contributed by atoms with Crippen molar-refractivity contribution in [3.63, 3.8) is 0 Å². The van der Waals surface area contributed by atoms with Gasteiger partial charge in [-0.05, 0) is 25.8 Å². The Kier molecular flexibility index (Phi) is 2.58. The van der Waals surface area contributed by atoms with Gasteiger partial charge < -0.3 is 10.1 Å². The Morgan fingerprint density at radius 3 is 2.77 bits per heavy atom. The molecule has 2 rings (SSSR count). The fourth-order valence-corrected chi connectivity index (χ4v) is 2.19. The molecule has 0 radical (unpaired) electrons. The number of ether oxygens (including phenoxy) is 1. The van der Waals surface area contributed by atoms with E-state index in [0.29, 0.717) is 11.8 Å². The van der Waals surface area contributed by atoms with Crippen molar-refractivity contribution in [2.75, 3.05) is 26.2 Å². The molecule has 2 N–H and O–H groups in total. The highest BCUT2D eigenvalue weighted by Gasteiger charge is 2.39. The SMILES string of the molecule is CC1CNC(C)(C2CCNC2)OC1. The Labute approximate surface area is 80.2 Å². The second-order valence-corrected chi connectivity index (χ2v) is 4.59. The molecule has 2 aliphatic heterocycles. The van der Waals surface area contributed by atoms with Crippen LogP contribution in [0.4, 0.5) is 0 Å². The molecular formula is C10H20N2O. The molecule has 0 bridgehead atoms. The van der Waals surface area contributed by atoms with Crippen molar-refractivity contribution in [1.29, 1.82) is 0 Å². The molecule has 0 amide bonds. The Balaban J connectivity index is 1.95. The third kappa shape index (κ3) is 1.87. The molecule has 2 heterocycles. The molecule has 76 valence electrons. The fourth-order valence-electron chi connectivity index (χ4n) is 2.19. The zero-order valence-electron chi connectivity index (χ0n) is 8.60. The first-order valence-corrected chi connectivity index (χ1v) is 5.30. The topological polar surface area (TPSA) is 33.3 Å².